The standard InChI is InChI=1S/C15H13NO5/c1-21-15(20)10-4-2-3-5-11(10)16-14(19)9-6-7-12(17)13(18)8-9/h2-8,17-18H,1H3,(H,16,19). The summed E-state index contributed by atoms with van der Waals surface area (Å²) in [6.45, 7) is 0. The summed E-state index contributed by atoms with van der Waals surface area (Å²) in [7, 11) is 1.25. The topological polar surface area (TPSA) is 95.9 Å². The van der Waals surface area contributed by atoms with Crippen molar-refractivity contribution in [3.8, 4) is 11.5 Å². The number of rotatable bonds is 3. The van der Waals surface area contributed by atoms with Gasteiger partial charge in [-0.05, 0) is 30.3 Å². The zero-order chi connectivity index (χ0) is 15.4. The maximum atomic E-state index is 12.1. The smallest absolute Gasteiger partial charge is 0.339 e. The minimum atomic E-state index is -0.570. The number of para-hydroxylation sites is 1. The zero-order valence-corrected chi connectivity index (χ0v) is 11.2. The summed E-state index contributed by atoms with van der Waals surface area (Å²) in [4.78, 5) is 23.7. The van der Waals surface area contributed by atoms with Crippen LogP contribution in [0.2, 0.25) is 0 Å². The molecule has 108 valence electrons. The Kier molecular flexibility index (Phi) is 4.08. The van der Waals surface area contributed by atoms with Crippen molar-refractivity contribution in [2.24, 2.45) is 0 Å². The van der Waals surface area contributed by atoms with Gasteiger partial charge in [0.1, 0.15) is 0 Å². The minimum Gasteiger partial charge on any atom is -0.504 e. The number of anilines is 1. The van der Waals surface area contributed by atoms with Crippen LogP contribution in [0, 0.1) is 0 Å². The molecule has 2 aromatic carbocycles. The molecule has 6 heteroatoms. The fourth-order valence-corrected chi connectivity index (χ4v) is 1.74. The molecule has 0 spiro atoms. The summed E-state index contributed by atoms with van der Waals surface area (Å²) in [6, 6.07) is 10.1. The van der Waals surface area contributed by atoms with Gasteiger partial charge in [0, 0.05) is 5.56 Å². The summed E-state index contributed by atoms with van der Waals surface area (Å²) in [5.41, 5.74) is 0.656. The molecule has 0 bridgehead atoms. The lowest BCUT2D eigenvalue weighted by Crippen LogP contribution is -2.15. The fourth-order valence-electron chi connectivity index (χ4n) is 1.74. The molecule has 3 N–H and O–H groups in total. The second-order valence-electron chi connectivity index (χ2n) is 4.19. The lowest BCUT2D eigenvalue weighted by molar-refractivity contribution is 0.0602. The van der Waals surface area contributed by atoms with Crippen LogP contribution in [0.3, 0.4) is 0 Å². The van der Waals surface area contributed by atoms with Crippen LogP contribution in [-0.4, -0.2) is 29.2 Å². The third-order valence-corrected chi connectivity index (χ3v) is 2.82. The molecule has 0 saturated heterocycles. The van der Waals surface area contributed by atoms with Crippen molar-refractivity contribution in [2.45, 2.75) is 0 Å². The molecule has 1 amide bonds. The number of ether oxygens (including phenoxy) is 1. The van der Waals surface area contributed by atoms with Gasteiger partial charge in [-0.1, -0.05) is 12.1 Å². The van der Waals surface area contributed by atoms with Crippen LogP contribution < -0.4 is 5.32 Å². The Morgan fingerprint density at radius 2 is 1.76 bits per heavy atom. The predicted octanol–water partition coefficient (Wildman–Crippen LogP) is 2.14. The zero-order valence-electron chi connectivity index (χ0n) is 11.2. The third-order valence-electron chi connectivity index (χ3n) is 2.82. The number of aromatic hydroxyl groups is 2. The van der Waals surface area contributed by atoms with E-state index in [1.807, 2.05) is 0 Å². The van der Waals surface area contributed by atoms with E-state index >= 15 is 0 Å². The Morgan fingerprint density at radius 1 is 1.05 bits per heavy atom. The molecule has 0 aromatic heterocycles. The number of hydrogen-bond acceptors (Lipinski definition) is 5. The van der Waals surface area contributed by atoms with Gasteiger partial charge in [-0.3, -0.25) is 4.79 Å². The molecule has 0 aliphatic rings. The summed E-state index contributed by atoms with van der Waals surface area (Å²) < 4.78 is 4.64. The maximum absolute atomic E-state index is 12.1. The molecular formula is C15H13NO5. The highest BCUT2D eigenvalue weighted by molar-refractivity contribution is 6.08. The van der Waals surface area contributed by atoms with Gasteiger partial charge < -0.3 is 20.3 Å². The molecule has 0 aliphatic heterocycles. The molecule has 0 saturated carbocycles. The Hall–Kier alpha value is -3.02. The number of amides is 1. The highest BCUT2D eigenvalue weighted by Gasteiger charge is 2.15. The number of methoxy groups -OCH3 is 1. The van der Waals surface area contributed by atoms with Crippen LogP contribution in [0.15, 0.2) is 42.5 Å². The van der Waals surface area contributed by atoms with Crippen LogP contribution in [-0.2, 0) is 4.74 Å². The van der Waals surface area contributed by atoms with E-state index in [4.69, 9.17) is 0 Å². The van der Waals surface area contributed by atoms with Gasteiger partial charge in [0.2, 0.25) is 0 Å². The summed E-state index contributed by atoms with van der Waals surface area (Å²) >= 11 is 0. The van der Waals surface area contributed by atoms with Crippen LogP contribution in [0.25, 0.3) is 0 Å². The second-order valence-corrected chi connectivity index (χ2v) is 4.19. The van der Waals surface area contributed by atoms with Crippen LogP contribution in [0.1, 0.15) is 20.7 Å². The average molecular weight is 287 g/mol. The van der Waals surface area contributed by atoms with Gasteiger partial charge in [-0.2, -0.15) is 0 Å². The molecule has 6 nitrogen and oxygen atoms in total. The quantitative estimate of drug-likeness (QED) is 0.593. The van der Waals surface area contributed by atoms with Crippen molar-refractivity contribution in [1.82, 2.24) is 0 Å². The average Bonchev–Trinajstić information content (AvgIpc) is 2.49. The van der Waals surface area contributed by atoms with Gasteiger partial charge in [0.05, 0.1) is 18.4 Å². The van der Waals surface area contributed by atoms with E-state index in [0.717, 1.165) is 6.07 Å². The maximum Gasteiger partial charge on any atom is 0.339 e. The Labute approximate surface area is 120 Å². The molecule has 0 aliphatic carbocycles. The summed E-state index contributed by atoms with van der Waals surface area (Å²) in [5.74, 6) is -1.81. The van der Waals surface area contributed by atoms with Crippen molar-refractivity contribution >= 4 is 17.6 Å². The van der Waals surface area contributed by atoms with Crippen LogP contribution in [0.4, 0.5) is 5.69 Å². The Bertz CT molecular complexity index is 696. The first-order valence-electron chi connectivity index (χ1n) is 6.03. The summed E-state index contributed by atoms with van der Waals surface area (Å²) in [5, 5.41) is 21.2. The number of nitrogens with one attached hydrogen (secondary N) is 1. The van der Waals surface area contributed by atoms with Crippen molar-refractivity contribution in [3.05, 3.63) is 53.6 Å². The van der Waals surface area contributed by atoms with Gasteiger partial charge in [-0.15, -0.1) is 0 Å². The van der Waals surface area contributed by atoms with Crippen LogP contribution in [0.5, 0.6) is 11.5 Å². The number of phenols is 2. The van der Waals surface area contributed by atoms with Crippen molar-refractivity contribution in [3.63, 3.8) is 0 Å². The Balaban J connectivity index is 2.27. The molecule has 0 radical (unpaired) electrons. The van der Waals surface area contributed by atoms with E-state index in [9.17, 15) is 19.8 Å². The summed E-state index contributed by atoms with van der Waals surface area (Å²) in [6.07, 6.45) is 0. The predicted molar refractivity (Wildman–Crippen MR) is 75.5 cm³/mol. The highest BCUT2D eigenvalue weighted by Crippen LogP contribution is 2.25. The van der Waals surface area contributed by atoms with Crippen LogP contribution >= 0.6 is 0 Å². The van der Waals surface area contributed by atoms with Crippen molar-refractivity contribution in [1.29, 1.82) is 0 Å². The number of phenolic OH excluding ortho intramolecular Hbond substituents is 2. The molecule has 2 rings (SSSR count). The van der Waals surface area contributed by atoms with Gasteiger partial charge >= 0.3 is 5.97 Å². The third kappa shape index (κ3) is 3.11. The molecular weight excluding hydrogens is 274 g/mol. The van der Waals surface area contributed by atoms with Gasteiger partial charge in [0.15, 0.2) is 11.5 Å². The minimum absolute atomic E-state index is 0.143. The van der Waals surface area contributed by atoms with Crippen molar-refractivity contribution < 1.29 is 24.5 Å². The first-order chi connectivity index (χ1) is 10.0. The molecule has 0 heterocycles. The number of benzene rings is 2. The number of carbonyl (C=O) groups excluding carboxylic acids is 2. The monoisotopic (exact) mass is 287 g/mol. The molecule has 0 atom stereocenters. The number of carbonyl (C=O) groups is 2. The lowest BCUT2D eigenvalue weighted by atomic mass is 10.1. The second kappa shape index (κ2) is 5.96. The fraction of sp³-hybridized carbons (Fsp3) is 0.0667. The first-order valence-corrected chi connectivity index (χ1v) is 6.03. The van der Waals surface area contributed by atoms with E-state index in [0.29, 0.717) is 5.69 Å². The van der Waals surface area contributed by atoms with Gasteiger partial charge in [0.25, 0.3) is 5.91 Å². The Morgan fingerprint density at radius 3 is 2.43 bits per heavy atom. The van der Waals surface area contributed by atoms with Gasteiger partial charge in [-0.25, -0.2) is 4.79 Å². The molecule has 0 unspecified atom stereocenters. The van der Waals surface area contributed by atoms with E-state index in [1.54, 1.807) is 18.2 Å². The van der Waals surface area contributed by atoms with E-state index in [-0.39, 0.29) is 16.9 Å². The number of hydrogen-bond donors (Lipinski definition) is 3. The normalized spacial score (nSPS) is 9.95. The van der Waals surface area contributed by atoms with E-state index in [1.165, 1.54) is 25.3 Å². The van der Waals surface area contributed by atoms with E-state index < -0.39 is 17.6 Å². The molecule has 2 aromatic rings. The first kappa shape index (κ1) is 14.4. The van der Waals surface area contributed by atoms with Crippen molar-refractivity contribution in [2.75, 3.05) is 12.4 Å². The molecule has 0 fully saturated rings. The van der Waals surface area contributed by atoms with E-state index in [2.05, 4.69) is 10.1 Å². The highest BCUT2D eigenvalue weighted by atomic mass is 16.5. The largest absolute Gasteiger partial charge is 0.504 e. The number of esters is 1. The molecule has 21 heavy (non-hydrogen) atoms. The SMILES string of the molecule is COC(=O)c1ccccc1NC(=O)c1ccc(O)c(O)c1. The lowest BCUT2D eigenvalue weighted by Gasteiger charge is -2.10.